The van der Waals surface area contributed by atoms with Crippen molar-refractivity contribution in [1.82, 2.24) is 55.7 Å². The molecule has 0 unspecified atom stereocenters. The quantitative estimate of drug-likeness (QED) is 0.0377. The van der Waals surface area contributed by atoms with E-state index in [-0.39, 0.29) is 119 Å². The Morgan fingerprint density at radius 2 is 1.02 bits per heavy atom. The Labute approximate surface area is 549 Å². The molecule has 0 aliphatic heterocycles. The minimum absolute atomic E-state index is 0. The molecular weight excluding hydrogens is 1430 g/mol. The number of urea groups is 2. The van der Waals surface area contributed by atoms with Gasteiger partial charge in [-0.3, -0.25) is 40.2 Å². The molecule has 0 bridgehead atoms. The number of benzene rings is 4. The van der Waals surface area contributed by atoms with Gasteiger partial charge in [0.1, 0.15) is 36.5 Å². The molecule has 31 heteroatoms. The van der Waals surface area contributed by atoms with Crippen molar-refractivity contribution in [3.8, 4) is 0 Å². The molecule has 87 heavy (non-hydrogen) atoms. The van der Waals surface area contributed by atoms with Gasteiger partial charge in [0.2, 0.25) is 5.91 Å². The van der Waals surface area contributed by atoms with E-state index < -0.39 is 66.3 Å². The summed E-state index contributed by atoms with van der Waals surface area (Å²) in [6.07, 6.45) is 10.4. The van der Waals surface area contributed by atoms with Crippen LogP contribution in [0.3, 0.4) is 0 Å². The van der Waals surface area contributed by atoms with E-state index in [0.29, 0.717) is 23.4 Å². The summed E-state index contributed by atoms with van der Waals surface area (Å²) in [6, 6.07) is 23.8. The summed E-state index contributed by atoms with van der Waals surface area (Å²) in [6.45, 7) is -0.218. The number of pyridine rings is 2. The van der Waals surface area contributed by atoms with Gasteiger partial charge < -0.3 is 46.1 Å². The fourth-order valence-electron chi connectivity index (χ4n) is 7.37. The number of hydrogen-bond donors (Lipinski definition) is 7. The van der Waals surface area contributed by atoms with E-state index in [0.717, 1.165) is 32.1 Å². The number of fused-ring (bicyclic) bond motifs is 2. The predicted molar refractivity (Wildman–Crippen MR) is 332 cm³/mol. The van der Waals surface area contributed by atoms with E-state index in [1.54, 1.807) is 55.2 Å². The number of anilines is 2. The summed E-state index contributed by atoms with van der Waals surface area (Å²) in [4.78, 5) is 101. The number of carbonyl (C=O) groups is 6. The van der Waals surface area contributed by atoms with Crippen LogP contribution in [0.15, 0.2) is 147 Å². The van der Waals surface area contributed by atoms with Crippen LogP contribution in [0, 0.1) is 42.7 Å². The first-order valence-electron chi connectivity index (χ1n) is 25.7. The average Bonchev–Trinajstić information content (AvgIpc) is 3.70. The first kappa shape index (κ1) is 73.4. The Bertz CT molecular complexity index is 3530. The van der Waals surface area contributed by atoms with E-state index in [4.69, 9.17) is 39.7 Å². The van der Waals surface area contributed by atoms with Gasteiger partial charge in [-0.1, -0.05) is 96.0 Å². The van der Waals surface area contributed by atoms with Crippen LogP contribution in [0.1, 0.15) is 35.4 Å². The summed E-state index contributed by atoms with van der Waals surface area (Å²) in [5.41, 5.74) is 7.36. The summed E-state index contributed by atoms with van der Waals surface area (Å²) < 4.78 is 43.1. The normalized spacial score (nSPS) is 10.8. The largest absolute Gasteiger partial charge is 0.481 e. The molecule has 0 fully saturated rings. The number of aromatic nitrogens is 6. The molecule has 4 aromatic carbocycles. The van der Waals surface area contributed by atoms with Gasteiger partial charge in [0.05, 0.1) is 59.1 Å². The van der Waals surface area contributed by atoms with Gasteiger partial charge in [-0.25, -0.2) is 37.9 Å². The number of ether oxygens (including phenoxy) is 2. The number of amides is 7. The number of likely N-dealkylation sites (N-methyl/N-ethyl adjacent to an activating group) is 2. The van der Waals surface area contributed by atoms with E-state index in [1.807, 2.05) is 48.5 Å². The number of carbonyl (C=O) groups excluding carboxylic acids is 5. The van der Waals surface area contributed by atoms with Crippen molar-refractivity contribution >= 4 is 128 Å². The summed E-state index contributed by atoms with van der Waals surface area (Å²) in [5, 5.41) is 25.5. The second-order valence-electron chi connectivity index (χ2n) is 17.7. The average molecular weight is 1500 g/mol. The zero-order valence-corrected chi connectivity index (χ0v) is 54.3. The van der Waals surface area contributed by atoms with Crippen molar-refractivity contribution in [2.24, 2.45) is 5.73 Å². The number of carboxylic acid groups (broad SMARTS) is 1. The second kappa shape index (κ2) is 39.0. The SMILES string of the molecule is CN(C(=O)NCc1cccc(F)c1Cl)[C@H](COC(=O)Nc1cc2ccccc2cn1)CC(=O)NCc1cnccn1.CN(C(=O)NCc1cccc(F)c1Cl)[C@H](COC(=O)Nc1cc2ccccc2cn1)CC(=O)O.NCc1cnccn1.S.S.[3H][B].[U]. The van der Waals surface area contributed by atoms with Crippen LogP contribution in [-0.4, -0.2) is 130 Å². The Hall–Kier alpha value is -7.90. The Morgan fingerprint density at radius 3 is 1.43 bits per heavy atom. The maximum absolute atomic E-state index is 13.8. The number of nitrogens with two attached hydrogens (primary N) is 1. The van der Waals surface area contributed by atoms with Crippen molar-refractivity contribution in [2.75, 3.05) is 37.9 Å². The molecule has 456 valence electrons. The number of aliphatic carboxylic acids is 1. The summed E-state index contributed by atoms with van der Waals surface area (Å²) >= 11 is 11.9. The van der Waals surface area contributed by atoms with Crippen LogP contribution < -0.4 is 32.3 Å². The molecule has 7 amide bonds. The molecule has 0 saturated carbocycles. The van der Waals surface area contributed by atoms with Crippen molar-refractivity contribution in [1.29, 1.82) is 1.34 Å². The van der Waals surface area contributed by atoms with Crippen LogP contribution in [0.4, 0.5) is 39.6 Å². The second-order valence-corrected chi connectivity index (χ2v) is 18.5. The van der Waals surface area contributed by atoms with E-state index in [2.05, 4.69) is 64.9 Å². The molecule has 0 saturated heterocycles. The Morgan fingerprint density at radius 1 is 0.598 bits per heavy atom. The van der Waals surface area contributed by atoms with Gasteiger partial charge in [0.25, 0.3) is 0 Å². The van der Waals surface area contributed by atoms with Crippen molar-refractivity contribution in [3.63, 3.8) is 0 Å². The molecule has 2 radical (unpaired) electrons. The molecule has 0 spiro atoms. The summed E-state index contributed by atoms with van der Waals surface area (Å²) in [5.74, 6) is -2.27. The van der Waals surface area contributed by atoms with Crippen LogP contribution in [-0.2, 0) is 45.2 Å². The fraction of sp³-hybridized carbons (Fsp3) is 0.214. The maximum Gasteiger partial charge on any atom is 0.412 e. The standard InChI is InChI=1S/C28H27ClFN7O4.C23H22ClFN4O5.C5H7N3.BH.2H2S.U/c1-37(27(39)35-14-20-7-4-8-23(30)26(20)29)22(12-25(38)34-16-21-15-31-9-10-32-21)17-41-28(40)36-24-11-18-5-2-3-6-19(18)13-33-24;1-29(22(32)27-12-16-7-4-8-18(25)21(16)24)17(10-20(30)31)13-34-23(33)28-19-9-14-5-2-3-6-15(14)11-26-19;6-3-5-4-7-1-2-8-5;;;;/h2-11,13,15,22H,12,14,16-17H2,1H3,(H,34,38)(H,35,39)(H,33,36,40);2-9,11,17H,10,12-13H2,1H3,(H,27,32)(H,30,31)(H,26,28,33);1-2,4H,3,6H2;1H;2*1H2;/t22-;17-;;;;;/m00...../s1/i;;;1T;;;. The first-order valence-corrected chi connectivity index (χ1v) is 25.9. The minimum Gasteiger partial charge on any atom is -0.481 e. The fourth-order valence-corrected chi connectivity index (χ4v) is 7.76. The van der Waals surface area contributed by atoms with Crippen LogP contribution in [0.2, 0.25) is 10.0 Å². The molecular formula is C56H61BCl2F2N14O9S2U. The Kier molecular flexibility index (Phi) is 32.9. The Balaban J connectivity index is 0.000000509. The van der Waals surface area contributed by atoms with Crippen molar-refractivity contribution < 1.29 is 83.2 Å². The predicted octanol–water partition coefficient (Wildman–Crippen LogP) is 8.06. The van der Waals surface area contributed by atoms with Gasteiger partial charge in [-0.05, 0) is 47.5 Å². The van der Waals surface area contributed by atoms with E-state index in [1.165, 1.54) is 61.9 Å². The molecule has 4 aromatic heterocycles. The molecule has 23 nitrogen and oxygen atoms in total. The third-order valence-corrected chi connectivity index (χ3v) is 12.8. The van der Waals surface area contributed by atoms with Crippen molar-refractivity contribution in [2.45, 2.75) is 51.1 Å². The smallest absolute Gasteiger partial charge is 0.412 e. The van der Waals surface area contributed by atoms with Crippen molar-refractivity contribution in [3.05, 3.63) is 191 Å². The van der Waals surface area contributed by atoms with Gasteiger partial charge in [0.15, 0.2) is 0 Å². The number of rotatable bonds is 19. The topological polar surface area (TPSA) is 311 Å². The van der Waals surface area contributed by atoms with E-state index >= 15 is 0 Å². The van der Waals surface area contributed by atoms with Crippen LogP contribution >= 0.6 is 50.2 Å². The minimum atomic E-state index is -1.18. The van der Waals surface area contributed by atoms with Gasteiger partial charge in [-0.2, -0.15) is 27.0 Å². The number of hydrogen-bond acceptors (Lipinski definition) is 15. The molecule has 8 N–H and O–H groups in total. The van der Waals surface area contributed by atoms with Crippen LogP contribution in [0.5, 0.6) is 0 Å². The molecule has 2 atom stereocenters. The number of nitrogens with one attached hydrogen (secondary N) is 5. The monoisotopic (exact) mass is 1500 g/mol. The third-order valence-electron chi connectivity index (χ3n) is 11.9. The molecule has 0 aliphatic carbocycles. The molecule has 8 aromatic rings. The summed E-state index contributed by atoms with van der Waals surface area (Å²) in [7, 11) is 6.57. The van der Waals surface area contributed by atoms with Gasteiger partial charge >= 0.3 is 30.2 Å². The molecule has 4 heterocycles. The third kappa shape index (κ3) is 24.8. The van der Waals surface area contributed by atoms with Gasteiger partial charge in [0, 0.05) is 127 Å². The number of nitrogens with zero attached hydrogens (tertiary/aromatic N) is 8. The number of halogens is 4. The zero-order chi connectivity index (χ0) is 61.7. The van der Waals surface area contributed by atoms with Gasteiger partial charge in [-0.15, -0.1) is 0 Å². The molecule has 8 rings (SSSR count). The molecule has 0 aliphatic rings. The van der Waals surface area contributed by atoms with E-state index in [9.17, 15) is 42.7 Å². The maximum atomic E-state index is 13.8. The zero-order valence-electron chi connectivity index (χ0n) is 47.6. The number of carboxylic acids is 1. The first-order chi connectivity index (χ1) is 41.0. The van der Waals surface area contributed by atoms with Crippen LogP contribution in [0.25, 0.3) is 21.5 Å².